The number of nitrogens with one attached hydrogen (secondary N) is 2. The second kappa shape index (κ2) is 8.29. The Morgan fingerprint density at radius 2 is 2.08 bits per heavy atom. The number of para-hydroxylation sites is 1. The van der Waals surface area contributed by atoms with Crippen LogP contribution < -0.4 is 15.5 Å². The SMILES string of the molecule is COc1cc(/C=N/NC(=O)CNc2ccccc2)cc([N+](=O)[O-])c1O. The van der Waals surface area contributed by atoms with Crippen molar-refractivity contribution in [1.82, 2.24) is 5.43 Å². The van der Waals surface area contributed by atoms with Crippen molar-refractivity contribution in [3.05, 3.63) is 58.1 Å². The molecule has 0 unspecified atom stereocenters. The minimum atomic E-state index is -0.739. The Hall–Kier alpha value is -3.62. The number of benzene rings is 2. The van der Waals surface area contributed by atoms with Crippen LogP contribution in [0, 0.1) is 10.1 Å². The Kier molecular flexibility index (Phi) is 5.88. The van der Waals surface area contributed by atoms with Crippen molar-refractivity contribution in [2.24, 2.45) is 5.10 Å². The topological polar surface area (TPSA) is 126 Å². The molecule has 9 heteroatoms. The summed E-state index contributed by atoms with van der Waals surface area (Å²) in [4.78, 5) is 21.9. The molecule has 2 rings (SSSR count). The van der Waals surface area contributed by atoms with E-state index in [4.69, 9.17) is 4.74 Å². The number of aromatic hydroxyl groups is 1. The van der Waals surface area contributed by atoms with Gasteiger partial charge in [0.15, 0.2) is 5.75 Å². The van der Waals surface area contributed by atoms with Gasteiger partial charge >= 0.3 is 5.69 Å². The van der Waals surface area contributed by atoms with Crippen LogP contribution in [0.3, 0.4) is 0 Å². The summed E-state index contributed by atoms with van der Waals surface area (Å²) in [5.41, 5.74) is 2.86. The van der Waals surface area contributed by atoms with Crippen molar-refractivity contribution < 1.29 is 19.6 Å². The summed E-state index contributed by atoms with van der Waals surface area (Å²) >= 11 is 0. The van der Waals surface area contributed by atoms with Crippen LogP contribution >= 0.6 is 0 Å². The van der Waals surface area contributed by atoms with Gasteiger partial charge in [-0.25, -0.2) is 5.43 Å². The van der Waals surface area contributed by atoms with Gasteiger partial charge in [0.25, 0.3) is 5.91 Å². The molecule has 0 aliphatic rings. The normalized spacial score (nSPS) is 10.4. The van der Waals surface area contributed by atoms with E-state index in [9.17, 15) is 20.0 Å². The highest BCUT2D eigenvalue weighted by atomic mass is 16.6. The molecule has 0 saturated heterocycles. The van der Waals surface area contributed by atoms with Gasteiger partial charge in [0.05, 0.1) is 24.8 Å². The first-order chi connectivity index (χ1) is 12.0. The van der Waals surface area contributed by atoms with Gasteiger partial charge in [-0.15, -0.1) is 0 Å². The molecule has 0 bridgehead atoms. The first-order valence-corrected chi connectivity index (χ1v) is 7.17. The number of amides is 1. The highest BCUT2D eigenvalue weighted by Crippen LogP contribution is 2.36. The number of methoxy groups -OCH3 is 1. The number of carbonyl (C=O) groups is 1. The quantitative estimate of drug-likeness (QED) is 0.400. The lowest BCUT2D eigenvalue weighted by Crippen LogP contribution is -2.25. The number of nitro benzene ring substituents is 1. The van der Waals surface area contributed by atoms with Gasteiger partial charge in [-0.2, -0.15) is 5.10 Å². The first kappa shape index (κ1) is 17.7. The van der Waals surface area contributed by atoms with Gasteiger partial charge in [0, 0.05) is 17.3 Å². The third-order valence-electron chi connectivity index (χ3n) is 3.12. The molecule has 0 aliphatic heterocycles. The summed E-state index contributed by atoms with van der Waals surface area (Å²) < 4.78 is 4.88. The van der Waals surface area contributed by atoms with Crippen LogP contribution in [0.15, 0.2) is 47.6 Å². The number of rotatable bonds is 7. The number of phenols is 1. The molecule has 1 amide bonds. The predicted octanol–water partition coefficient (Wildman–Crippen LogP) is 1.87. The van der Waals surface area contributed by atoms with Gasteiger partial charge < -0.3 is 15.2 Å². The molecule has 3 N–H and O–H groups in total. The monoisotopic (exact) mass is 344 g/mol. The molecule has 0 atom stereocenters. The number of hydrogen-bond donors (Lipinski definition) is 3. The lowest BCUT2D eigenvalue weighted by atomic mass is 10.2. The minimum Gasteiger partial charge on any atom is -0.500 e. The molecular formula is C16H16N4O5. The van der Waals surface area contributed by atoms with Crippen LogP contribution in [0.4, 0.5) is 11.4 Å². The standard InChI is InChI=1S/C16H16N4O5/c1-25-14-8-11(7-13(16(14)22)20(23)24)9-18-19-15(21)10-17-12-5-3-2-4-6-12/h2-9,17,22H,10H2,1H3,(H,19,21)/b18-9+. The Labute approximate surface area is 143 Å². The number of anilines is 1. The first-order valence-electron chi connectivity index (χ1n) is 7.17. The average molecular weight is 344 g/mol. The largest absolute Gasteiger partial charge is 0.500 e. The Morgan fingerprint density at radius 1 is 1.36 bits per heavy atom. The second-order valence-electron chi connectivity index (χ2n) is 4.86. The summed E-state index contributed by atoms with van der Waals surface area (Å²) in [5.74, 6) is -1.02. The number of carbonyl (C=O) groups excluding carboxylic acids is 1. The third-order valence-corrected chi connectivity index (χ3v) is 3.12. The average Bonchev–Trinajstić information content (AvgIpc) is 2.61. The Balaban J connectivity index is 1.98. The summed E-state index contributed by atoms with van der Waals surface area (Å²) in [6.07, 6.45) is 1.22. The number of nitro groups is 1. The molecule has 2 aromatic carbocycles. The van der Waals surface area contributed by atoms with Crippen molar-refractivity contribution in [2.45, 2.75) is 0 Å². The molecule has 130 valence electrons. The zero-order valence-electron chi connectivity index (χ0n) is 13.3. The van der Waals surface area contributed by atoms with E-state index in [1.165, 1.54) is 19.4 Å². The maximum Gasteiger partial charge on any atom is 0.315 e. The number of hydrogen-bond acceptors (Lipinski definition) is 7. The van der Waals surface area contributed by atoms with Gasteiger partial charge in [-0.05, 0) is 18.2 Å². The molecule has 25 heavy (non-hydrogen) atoms. The number of phenolic OH excluding ortho intramolecular Hbond substituents is 1. The Bertz CT molecular complexity index is 793. The van der Waals surface area contributed by atoms with Crippen LogP contribution in [-0.2, 0) is 4.79 Å². The van der Waals surface area contributed by atoms with E-state index in [-0.39, 0.29) is 23.8 Å². The smallest absolute Gasteiger partial charge is 0.315 e. The molecule has 0 aliphatic carbocycles. The van der Waals surface area contributed by atoms with E-state index >= 15 is 0 Å². The molecule has 0 spiro atoms. The van der Waals surface area contributed by atoms with Crippen LogP contribution in [0.2, 0.25) is 0 Å². The fraction of sp³-hybridized carbons (Fsp3) is 0.125. The van der Waals surface area contributed by atoms with E-state index < -0.39 is 16.4 Å². The van der Waals surface area contributed by atoms with Gasteiger partial charge in [-0.1, -0.05) is 18.2 Å². The highest BCUT2D eigenvalue weighted by Gasteiger charge is 2.19. The molecule has 2 aromatic rings. The summed E-state index contributed by atoms with van der Waals surface area (Å²) in [6.45, 7) is 0.0143. The van der Waals surface area contributed by atoms with Crippen LogP contribution in [0.1, 0.15) is 5.56 Å². The van der Waals surface area contributed by atoms with Gasteiger partial charge in [0.1, 0.15) is 0 Å². The second-order valence-corrected chi connectivity index (χ2v) is 4.86. The zero-order valence-corrected chi connectivity index (χ0v) is 13.3. The van der Waals surface area contributed by atoms with Crippen molar-refractivity contribution >= 4 is 23.5 Å². The third kappa shape index (κ3) is 4.93. The van der Waals surface area contributed by atoms with Crippen LogP contribution in [0.25, 0.3) is 0 Å². The summed E-state index contributed by atoms with van der Waals surface area (Å²) in [7, 11) is 1.27. The number of ether oxygens (including phenoxy) is 1. The zero-order chi connectivity index (χ0) is 18.2. The predicted molar refractivity (Wildman–Crippen MR) is 92.0 cm³/mol. The van der Waals surface area contributed by atoms with Gasteiger partial charge in [0.2, 0.25) is 5.75 Å². The molecule has 0 heterocycles. The fourth-order valence-electron chi connectivity index (χ4n) is 1.94. The van der Waals surface area contributed by atoms with Crippen molar-refractivity contribution in [3.63, 3.8) is 0 Å². The molecule has 0 saturated carbocycles. The molecular weight excluding hydrogens is 328 g/mol. The fourth-order valence-corrected chi connectivity index (χ4v) is 1.94. The van der Waals surface area contributed by atoms with Gasteiger partial charge in [-0.3, -0.25) is 14.9 Å². The van der Waals surface area contributed by atoms with Crippen molar-refractivity contribution in [3.8, 4) is 11.5 Å². The minimum absolute atomic E-state index is 0.0143. The number of nitrogens with zero attached hydrogens (tertiary/aromatic N) is 2. The summed E-state index contributed by atoms with van der Waals surface area (Å²) in [5, 5.41) is 27.2. The maximum absolute atomic E-state index is 11.7. The summed E-state index contributed by atoms with van der Waals surface area (Å²) in [6, 6.07) is 11.7. The molecule has 0 radical (unpaired) electrons. The number of hydrazone groups is 1. The highest BCUT2D eigenvalue weighted by molar-refractivity contribution is 5.86. The lowest BCUT2D eigenvalue weighted by Gasteiger charge is -2.06. The van der Waals surface area contributed by atoms with E-state index in [1.54, 1.807) is 0 Å². The van der Waals surface area contributed by atoms with Crippen LogP contribution in [0.5, 0.6) is 11.5 Å². The van der Waals surface area contributed by atoms with Crippen molar-refractivity contribution in [1.29, 1.82) is 0 Å². The van der Waals surface area contributed by atoms with Crippen molar-refractivity contribution in [2.75, 3.05) is 19.0 Å². The van der Waals surface area contributed by atoms with E-state index in [0.717, 1.165) is 11.8 Å². The molecule has 0 fully saturated rings. The van der Waals surface area contributed by atoms with E-state index in [0.29, 0.717) is 0 Å². The molecule has 0 aromatic heterocycles. The molecule has 9 nitrogen and oxygen atoms in total. The maximum atomic E-state index is 11.7. The van der Waals surface area contributed by atoms with E-state index in [2.05, 4.69) is 15.8 Å². The van der Waals surface area contributed by atoms with E-state index in [1.807, 2.05) is 30.3 Å². The lowest BCUT2D eigenvalue weighted by molar-refractivity contribution is -0.386. The van der Waals surface area contributed by atoms with Crippen LogP contribution in [-0.4, -0.2) is 35.8 Å². The Morgan fingerprint density at radius 3 is 2.72 bits per heavy atom.